The van der Waals surface area contributed by atoms with Crippen LogP contribution in [0.25, 0.3) is 0 Å². The van der Waals surface area contributed by atoms with Crippen LogP contribution in [0.15, 0.2) is 11.0 Å². The van der Waals surface area contributed by atoms with Crippen molar-refractivity contribution in [3.63, 3.8) is 0 Å². The molecule has 1 aromatic heterocycles. The standard InChI is InChI=1S/C11H15N4O/c12-8-1-2-11(5-8)6-15(7-11)9-10(16)14-4-3-13-9/h3,8H,1-2,5-7,12H2,(H,14,16)/t8-/m1/s1. The van der Waals surface area contributed by atoms with Crippen LogP contribution in [0, 0.1) is 11.6 Å². The van der Waals surface area contributed by atoms with E-state index in [0.29, 0.717) is 17.3 Å². The predicted octanol–water partition coefficient (Wildman–Crippen LogP) is -0.112. The van der Waals surface area contributed by atoms with Crippen LogP contribution in [-0.2, 0) is 0 Å². The summed E-state index contributed by atoms with van der Waals surface area (Å²) in [6.07, 6.45) is 7.46. The minimum atomic E-state index is -0.153. The fraction of sp³-hybridized carbons (Fsp3) is 0.636. The predicted molar refractivity (Wildman–Crippen MR) is 60.2 cm³/mol. The van der Waals surface area contributed by atoms with Crippen LogP contribution in [-0.4, -0.2) is 29.1 Å². The summed E-state index contributed by atoms with van der Waals surface area (Å²) in [6, 6.07) is 0.345. The fourth-order valence-corrected chi connectivity index (χ4v) is 2.98. The van der Waals surface area contributed by atoms with Crippen molar-refractivity contribution in [2.75, 3.05) is 18.0 Å². The van der Waals surface area contributed by atoms with Crippen molar-refractivity contribution in [2.24, 2.45) is 11.1 Å². The Morgan fingerprint density at radius 2 is 2.44 bits per heavy atom. The fourth-order valence-electron chi connectivity index (χ4n) is 2.98. The molecule has 16 heavy (non-hydrogen) atoms. The van der Waals surface area contributed by atoms with Crippen LogP contribution >= 0.6 is 0 Å². The van der Waals surface area contributed by atoms with Gasteiger partial charge in [-0.15, -0.1) is 0 Å². The van der Waals surface area contributed by atoms with Gasteiger partial charge in [0.2, 0.25) is 0 Å². The zero-order chi connectivity index (χ0) is 11.2. The highest BCUT2D eigenvalue weighted by Crippen LogP contribution is 2.45. The number of anilines is 1. The van der Waals surface area contributed by atoms with Gasteiger partial charge in [0, 0.05) is 24.5 Å². The van der Waals surface area contributed by atoms with Crippen LogP contribution in [0.3, 0.4) is 0 Å². The summed E-state index contributed by atoms with van der Waals surface area (Å²) in [5, 5.41) is 0. The van der Waals surface area contributed by atoms with E-state index in [0.717, 1.165) is 25.9 Å². The SMILES string of the molecule is N[C@@H]1CCC2(C1)CN(c1nc[c][nH]c1=O)C2. The van der Waals surface area contributed by atoms with E-state index >= 15 is 0 Å². The van der Waals surface area contributed by atoms with Gasteiger partial charge < -0.3 is 15.6 Å². The Hall–Kier alpha value is -1.36. The van der Waals surface area contributed by atoms with Crippen LogP contribution in [0.1, 0.15) is 19.3 Å². The number of nitrogens with two attached hydrogens (primary N) is 1. The third-order valence-corrected chi connectivity index (χ3v) is 3.73. The Morgan fingerprint density at radius 1 is 1.62 bits per heavy atom. The highest BCUT2D eigenvalue weighted by molar-refractivity contribution is 5.41. The van der Waals surface area contributed by atoms with Gasteiger partial charge in [-0.05, 0) is 19.3 Å². The number of H-pyrrole nitrogens is 1. The number of rotatable bonds is 1. The van der Waals surface area contributed by atoms with Gasteiger partial charge in [-0.2, -0.15) is 0 Å². The molecule has 1 aliphatic carbocycles. The molecule has 1 saturated carbocycles. The lowest BCUT2D eigenvalue weighted by atomic mass is 9.78. The van der Waals surface area contributed by atoms with Crippen LogP contribution in [0.4, 0.5) is 5.82 Å². The van der Waals surface area contributed by atoms with Gasteiger partial charge in [0.15, 0.2) is 5.82 Å². The molecule has 1 radical (unpaired) electrons. The molecule has 85 valence electrons. The second kappa shape index (κ2) is 3.31. The molecule has 0 unspecified atom stereocenters. The van der Waals surface area contributed by atoms with Gasteiger partial charge in [0.1, 0.15) is 0 Å². The summed E-state index contributed by atoms with van der Waals surface area (Å²) in [6.45, 7) is 1.83. The van der Waals surface area contributed by atoms with E-state index in [9.17, 15) is 4.79 Å². The summed E-state index contributed by atoms with van der Waals surface area (Å²) < 4.78 is 0. The third kappa shape index (κ3) is 1.43. The van der Waals surface area contributed by atoms with E-state index in [-0.39, 0.29) is 5.56 Å². The maximum absolute atomic E-state index is 11.5. The molecule has 1 saturated heterocycles. The average molecular weight is 219 g/mol. The molecule has 1 aromatic rings. The van der Waals surface area contributed by atoms with E-state index in [1.54, 1.807) is 0 Å². The Kier molecular flexibility index (Phi) is 2.04. The summed E-state index contributed by atoms with van der Waals surface area (Å²) in [4.78, 5) is 20.1. The lowest BCUT2D eigenvalue weighted by molar-refractivity contribution is 0.217. The van der Waals surface area contributed by atoms with Gasteiger partial charge in [-0.1, -0.05) is 0 Å². The molecule has 2 aliphatic rings. The summed E-state index contributed by atoms with van der Waals surface area (Å²) in [5.74, 6) is 0.518. The highest BCUT2D eigenvalue weighted by Gasteiger charge is 2.48. The molecular weight excluding hydrogens is 204 g/mol. The summed E-state index contributed by atoms with van der Waals surface area (Å²) >= 11 is 0. The molecule has 3 rings (SSSR count). The minimum Gasteiger partial charge on any atom is -0.351 e. The molecule has 0 aromatic carbocycles. The van der Waals surface area contributed by atoms with Crippen LogP contribution < -0.4 is 16.2 Å². The molecule has 0 bridgehead atoms. The Labute approximate surface area is 93.7 Å². The van der Waals surface area contributed by atoms with Crippen molar-refractivity contribution >= 4 is 5.82 Å². The second-order valence-electron chi connectivity index (χ2n) is 5.04. The number of hydrogen-bond acceptors (Lipinski definition) is 4. The molecule has 2 fully saturated rings. The second-order valence-corrected chi connectivity index (χ2v) is 5.04. The van der Waals surface area contributed by atoms with Crippen LogP contribution in [0.2, 0.25) is 0 Å². The molecule has 5 nitrogen and oxygen atoms in total. The number of nitrogens with zero attached hydrogens (tertiary/aromatic N) is 2. The smallest absolute Gasteiger partial charge is 0.291 e. The van der Waals surface area contributed by atoms with E-state index in [1.165, 1.54) is 12.6 Å². The topological polar surface area (TPSA) is 75.0 Å². The normalized spacial score (nSPS) is 27.1. The Bertz CT molecular complexity index is 449. The van der Waals surface area contributed by atoms with Crippen molar-refractivity contribution < 1.29 is 0 Å². The van der Waals surface area contributed by atoms with Gasteiger partial charge >= 0.3 is 0 Å². The first-order chi connectivity index (χ1) is 7.69. The summed E-state index contributed by atoms with van der Waals surface area (Å²) in [7, 11) is 0. The Balaban J connectivity index is 1.74. The van der Waals surface area contributed by atoms with Crippen LogP contribution in [0.5, 0.6) is 0 Å². The van der Waals surface area contributed by atoms with Crippen molar-refractivity contribution in [3.8, 4) is 0 Å². The monoisotopic (exact) mass is 219 g/mol. The Morgan fingerprint density at radius 3 is 3.06 bits per heavy atom. The van der Waals surface area contributed by atoms with Gasteiger partial charge in [0.05, 0.1) is 12.4 Å². The van der Waals surface area contributed by atoms with Crippen molar-refractivity contribution in [1.82, 2.24) is 9.97 Å². The molecular formula is C11H15N4O. The van der Waals surface area contributed by atoms with Gasteiger partial charge in [-0.3, -0.25) is 4.79 Å². The lowest BCUT2D eigenvalue weighted by Gasteiger charge is -2.48. The van der Waals surface area contributed by atoms with E-state index in [1.807, 2.05) is 4.90 Å². The molecule has 1 spiro atoms. The number of hydrogen-bond donors (Lipinski definition) is 2. The molecule has 1 atom stereocenters. The van der Waals surface area contributed by atoms with E-state index in [4.69, 9.17) is 5.73 Å². The van der Waals surface area contributed by atoms with E-state index in [2.05, 4.69) is 16.2 Å². The minimum absolute atomic E-state index is 0.153. The molecule has 1 aliphatic heterocycles. The van der Waals surface area contributed by atoms with Crippen molar-refractivity contribution in [2.45, 2.75) is 25.3 Å². The van der Waals surface area contributed by atoms with Gasteiger partial charge in [-0.25, -0.2) is 4.98 Å². The maximum atomic E-state index is 11.5. The molecule has 2 heterocycles. The van der Waals surface area contributed by atoms with Crippen molar-refractivity contribution in [3.05, 3.63) is 22.7 Å². The first-order valence-corrected chi connectivity index (χ1v) is 5.64. The zero-order valence-corrected chi connectivity index (χ0v) is 9.07. The first kappa shape index (κ1) is 9.84. The lowest BCUT2D eigenvalue weighted by Crippen LogP contribution is -2.57. The quantitative estimate of drug-likeness (QED) is 0.691. The average Bonchev–Trinajstić information content (AvgIpc) is 2.60. The maximum Gasteiger partial charge on any atom is 0.291 e. The van der Waals surface area contributed by atoms with Gasteiger partial charge in [0.25, 0.3) is 5.56 Å². The number of nitrogens with one attached hydrogen (secondary N) is 1. The summed E-state index contributed by atoms with van der Waals surface area (Å²) in [5.41, 5.74) is 6.13. The largest absolute Gasteiger partial charge is 0.351 e. The number of aromatic amines is 1. The third-order valence-electron chi connectivity index (χ3n) is 3.73. The number of aromatic nitrogens is 2. The molecule has 0 amide bonds. The zero-order valence-electron chi connectivity index (χ0n) is 9.07. The highest BCUT2D eigenvalue weighted by atomic mass is 16.1. The first-order valence-electron chi connectivity index (χ1n) is 5.64. The molecule has 5 heteroatoms. The van der Waals surface area contributed by atoms with Crippen molar-refractivity contribution in [1.29, 1.82) is 0 Å². The van der Waals surface area contributed by atoms with E-state index < -0.39 is 0 Å². The molecule has 3 N–H and O–H groups in total.